The van der Waals surface area contributed by atoms with Crippen LogP contribution >= 0.6 is 23.4 Å². The number of urea groups is 1. The minimum atomic E-state index is -0.448. The fourth-order valence-corrected chi connectivity index (χ4v) is 4.62. The highest BCUT2D eigenvalue weighted by atomic mass is 35.5. The Bertz CT molecular complexity index is 1370. The van der Waals surface area contributed by atoms with E-state index in [1.54, 1.807) is 28.8 Å². The fourth-order valence-electron chi connectivity index (χ4n) is 4.03. The molecule has 6 nitrogen and oxygen atoms in total. The van der Waals surface area contributed by atoms with E-state index in [2.05, 4.69) is 10.5 Å². The number of benzene rings is 3. The van der Waals surface area contributed by atoms with Gasteiger partial charge in [-0.3, -0.25) is 4.90 Å². The van der Waals surface area contributed by atoms with Gasteiger partial charge in [-0.2, -0.15) is 4.98 Å². The van der Waals surface area contributed by atoms with Gasteiger partial charge in [0.1, 0.15) is 0 Å². The van der Waals surface area contributed by atoms with Gasteiger partial charge in [0, 0.05) is 21.2 Å². The lowest BCUT2D eigenvalue weighted by Crippen LogP contribution is -2.46. The minimum absolute atomic E-state index is 0.259. The lowest BCUT2D eigenvalue weighted by atomic mass is 9.94. The van der Waals surface area contributed by atoms with Crippen LogP contribution in [0.2, 0.25) is 5.02 Å². The molecular formula is C26H21ClN4O2S. The summed E-state index contributed by atoms with van der Waals surface area (Å²) in [5, 5.41) is 7.87. The Kier molecular flexibility index (Phi) is 6.13. The molecule has 0 bridgehead atoms. The molecule has 0 saturated heterocycles. The monoisotopic (exact) mass is 488 g/mol. The molecule has 1 atom stereocenters. The van der Waals surface area contributed by atoms with Gasteiger partial charge >= 0.3 is 6.03 Å². The third kappa shape index (κ3) is 4.20. The number of anilines is 1. The molecule has 1 unspecified atom stereocenters. The zero-order valence-electron chi connectivity index (χ0n) is 18.5. The summed E-state index contributed by atoms with van der Waals surface area (Å²) in [6.07, 6.45) is 2.03. The largest absolute Gasteiger partial charge is 0.334 e. The first-order valence-corrected chi connectivity index (χ1v) is 12.3. The quantitative estimate of drug-likeness (QED) is 0.312. The summed E-state index contributed by atoms with van der Waals surface area (Å²) in [6.45, 7) is 1.88. The number of hydrogen-bond acceptors (Lipinski definition) is 5. The van der Waals surface area contributed by atoms with E-state index in [1.165, 1.54) is 0 Å². The molecule has 0 fully saturated rings. The summed E-state index contributed by atoms with van der Waals surface area (Å²) in [5.74, 6) is 0.836. The number of carbonyl (C=O) groups is 1. The standard InChI is InChI=1S/C26H21ClN4O2S/c1-16-22(25-29-24(30-33-25)18-11-13-21(34-2)14-12-18)23(17-7-4-3-5-8-17)28-26(32)31(16)20-10-6-9-19(27)15-20/h3-15,23H,1-2H3,(H,28,32). The van der Waals surface area contributed by atoms with Gasteiger partial charge in [-0.15, -0.1) is 11.8 Å². The third-order valence-corrected chi connectivity index (χ3v) is 6.67. The van der Waals surface area contributed by atoms with E-state index in [4.69, 9.17) is 21.1 Å². The van der Waals surface area contributed by atoms with Crippen molar-refractivity contribution in [3.05, 3.63) is 101 Å². The molecule has 0 aliphatic carbocycles. The maximum atomic E-state index is 13.2. The van der Waals surface area contributed by atoms with Crippen LogP contribution < -0.4 is 10.2 Å². The average Bonchev–Trinajstić information content (AvgIpc) is 3.34. The molecule has 0 spiro atoms. The highest BCUT2D eigenvalue weighted by Crippen LogP contribution is 2.39. The lowest BCUT2D eigenvalue weighted by molar-refractivity contribution is 0.244. The van der Waals surface area contributed by atoms with Crippen LogP contribution in [0.25, 0.3) is 17.0 Å². The molecule has 1 aromatic heterocycles. The SMILES string of the molecule is CSc1ccc(-c2noc(C3=C(C)N(c4cccc(Cl)c4)C(=O)NC3c3ccccc3)n2)cc1. The van der Waals surface area contributed by atoms with E-state index >= 15 is 0 Å². The van der Waals surface area contributed by atoms with Gasteiger partial charge in [0.2, 0.25) is 5.82 Å². The zero-order valence-corrected chi connectivity index (χ0v) is 20.1. The van der Waals surface area contributed by atoms with Crippen molar-refractivity contribution in [1.82, 2.24) is 15.5 Å². The van der Waals surface area contributed by atoms with Gasteiger partial charge < -0.3 is 9.84 Å². The molecule has 1 aliphatic heterocycles. The Labute approximate surface area is 206 Å². The molecule has 2 heterocycles. The van der Waals surface area contributed by atoms with Crippen molar-refractivity contribution in [2.75, 3.05) is 11.2 Å². The number of halogens is 1. The third-order valence-electron chi connectivity index (χ3n) is 5.69. The van der Waals surface area contributed by atoms with Gasteiger partial charge in [-0.05, 0) is 61.2 Å². The highest BCUT2D eigenvalue weighted by molar-refractivity contribution is 7.98. The van der Waals surface area contributed by atoms with Crippen LogP contribution in [0, 0.1) is 0 Å². The van der Waals surface area contributed by atoms with E-state index < -0.39 is 6.04 Å². The van der Waals surface area contributed by atoms with E-state index in [0.717, 1.165) is 21.6 Å². The maximum absolute atomic E-state index is 13.2. The van der Waals surface area contributed by atoms with E-state index in [1.807, 2.05) is 79.9 Å². The van der Waals surface area contributed by atoms with Crippen molar-refractivity contribution in [3.8, 4) is 11.4 Å². The predicted octanol–water partition coefficient (Wildman–Crippen LogP) is 6.81. The summed E-state index contributed by atoms with van der Waals surface area (Å²) in [5.41, 5.74) is 3.84. The molecular weight excluding hydrogens is 468 g/mol. The topological polar surface area (TPSA) is 71.3 Å². The molecule has 8 heteroatoms. The molecule has 4 aromatic rings. The normalized spacial score (nSPS) is 16.0. The molecule has 1 N–H and O–H groups in total. The Morgan fingerprint density at radius 3 is 2.50 bits per heavy atom. The minimum Gasteiger partial charge on any atom is -0.334 e. The Balaban J connectivity index is 1.63. The van der Waals surface area contributed by atoms with Crippen molar-refractivity contribution in [2.45, 2.75) is 17.9 Å². The van der Waals surface area contributed by atoms with Gasteiger partial charge in [0.05, 0.1) is 17.3 Å². The van der Waals surface area contributed by atoms with Crippen molar-refractivity contribution in [3.63, 3.8) is 0 Å². The first-order chi connectivity index (χ1) is 16.5. The molecule has 0 radical (unpaired) electrons. The van der Waals surface area contributed by atoms with E-state index in [0.29, 0.717) is 28.1 Å². The summed E-state index contributed by atoms with van der Waals surface area (Å²) in [6, 6.07) is 24.2. The second-order valence-electron chi connectivity index (χ2n) is 7.76. The Morgan fingerprint density at radius 2 is 1.79 bits per heavy atom. The van der Waals surface area contributed by atoms with Gasteiger partial charge in [-0.25, -0.2) is 4.79 Å². The molecule has 5 rings (SSSR count). The smallest absolute Gasteiger partial charge is 0.326 e. The second kappa shape index (κ2) is 9.37. The molecule has 34 heavy (non-hydrogen) atoms. The van der Waals surface area contributed by atoms with Gasteiger partial charge in [0.25, 0.3) is 5.89 Å². The lowest BCUT2D eigenvalue weighted by Gasteiger charge is -2.35. The van der Waals surface area contributed by atoms with Crippen LogP contribution in [0.4, 0.5) is 10.5 Å². The summed E-state index contributed by atoms with van der Waals surface area (Å²) < 4.78 is 5.75. The first-order valence-electron chi connectivity index (χ1n) is 10.7. The van der Waals surface area contributed by atoms with Crippen molar-refractivity contribution >= 4 is 40.7 Å². The number of rotatable bonds is 5. The Hall–Kier alpha value is -3.55. The maximum Gasteiger partial charge on any atom is 0.326 e. The highest BCUT2D eigenvalue weighted by Gasteiger charge is 2.36. The molecule has 170 valence electrons. The van der Waals surface area contributed by atoms with Crippen molar-refractivity contribution < 1.29 is 9.32 Å². The molecule has 3 aromatic carbocycles. The molecule has 1 aliphatic rings. The number of thioether (sulfide) groups is 1. The van der Waals surface area contributed by atoms with E-state index in [9.17, 15) is 4.79 Å². The number of aromatic nitrogens is 2. The summed E-state index contributed by atoms with van der Waals surface area (Å²) >= 11 is 7.88. The van der Waals surface area contributed by atoms with Crippen molar-refractivity contribution in [2.24, 2.45) is 0 Å². The summed E-state index contributed by atoms with van der Waals surface area (Å²) in [4.78, 5) is 20.7. The molecule has 2 amide bonds. The van der Waals surface area contributed by atoms with Crippen LogP contribution in [-0.2, 0) is 0 Å². The van der Waals surface area contributed by atoms with Gasteiger partial charge in [-0.1, -0.05) is 53.2 Å². The van der Waals surface area contributed by atoms with Crippen LogP contribution in [-0.4, -0.2) is 22.4 Å². The number of nitrogens with zero attached hydrogens (tertiary/aromatic N) is 3. The molecule has 0 saturated carbocycles. The second-order valence-corrected chi connectivity index (χ2v) is 9.08. The number of carbonyl (C=O) groups excluding carboxylic acids is 1. The van der Waals surface area contributed by atoms with E-state index in [-0.39, 0.29) is 6.03 Å². The fraction of sp³-hybridized carbons (Fsp3) is 0.115. The predicted molar refractivity (Wildman–Crippen MR) is 136 cm³/mol. The summed E-state index contributed by atoms with van der Waals surface area (Å²) in [7, 11) is 0. The zero-order chi connectivity index (χ0) is 23.7. The van der Waals surface area contributed by atoms with Crippen molar-refractivity contribution in [1.29, 1.82) is 0 Å². The number of nitrogens with one attached hydrogen (secondary N) is 1. The first kappa shape index (κ1) is 22.3. The van der Waals surface area contributed by atoms with Crippen LogP contribution in [0.3, 0.4) is 0 Å². The number of allylic oxidation sites excluding steroid dienone is 1. The number of amides is 2. The van der Waals surface area contributed by atoms with Crippen LogP contribution in [0.15, 0.2) is 94.0 Å². The average molecular weight is 489 g/mol. The Morgan fingerprint density at radius 1 is 1.03 bits per heavy atom. The van der Waals surface area contributed by atoms with Crippen LogP contribution in [0.5, 0.6) is 0 Å². The van der Waals surface area contributed by atoms with Crippen LogP contribution in [0.1, 0.15) is 24.4 Å². The van der Waals surface area contributed by atoms with Gasteiger partial charge in [0.15, 0.2) is 0 Å². The number of hydrogen-bond donors (Lipinski definition) is 1.